The lowest BCUT2D eigenvalue weighted by atomic mass is 9.89. The quantitative estimate of drug-likeness (QED) is 0.551. The maximum absolute atomic E-state index is 10.4. The molecule has 4 atom stereocenters. The van der Waals surface area contributed by atoms with E-state index in [0.29, 0.717) is 5.56 Å². The first kappa shape index (κ1) is 11.5. The molecule has 0 spiro atoms. The first-order chi connectivity index (χ1) is 7.59. The summed E-state index contributed by atoms with van der Waals surface area (Å²) < 4.78 is 0. The molecule has 88 valence electrons. The van der Waals surface area contributed by atoms with Gasteiger partial charge < -0.3 is 20.4 Å². The Morgan fingerprint density at radius 1 is 1.19 bits per heavy atom. The van der Waals surface area contributed by atoms with Crippen LogP contribution in [0.5, 0.6) is 0 Å². The molecular weight excluding hydrogens is 208 g/mol. The minimum Gasteiger partial charge on any atom is -0.396 e. The van der Waals surface area contributed by atoms with Crippen molar-refractivity contribution in [2.24, 2.45) is 5.92 Å². The number of aliphatic hydroxyl groups is 4. The molecule has 0 saturated heterocycles. The van der Waals surface area contributed by atoms with E-state index in [-0.39, 0.29) is 13.0 Å². The fourth-order valence-electron chi connectivity index (χ4n) is 2.37. The Balaban J connectivity index is 2.33. The zero-order chi connectivity index (χ0) is 11.8. The van der Waals surface area contributed by atoms with E-state index in [1.165, 1.54) is 0 Å². The fraction of sp³-hybridized carbons (Fsp3) is 0.500. The zero-order valence-corrected chi connectivity index (χ0v) is 8.82. The van der Waals surface area contributed by atoms with E-state index in [1.807, 2.05) is 6.07 Å². The Kier molecular flexibility index (Phi) is 2.99. The van der Waals surface area contributed by atoms with Crippen LogP contribution in [0.3, 0.4) is 0 Å². The van der Waals surface area contributed by atoms with Crippen molar-refractivity contribution in [2.75, 3.05) is 6.61 Å². The van der Waals surface area contributed by atoms with Crippen LogP contribution in [0.25, 0.3) is 0 Å². The normalized spacial score (nSPS) is 38.9. The molecule has 4 heteroatoms. The maximum atomic E-state index is 10.4. The highest BCUT2D eigenvalue weighted by atomic mass is 16.4. The highest BCUT2D eigenvalue weighted by Crippen LogP contribution is 2.42. The molecule has 4 nitrogen and oxygen atoms in total. The highest BCUT2D eigenvalue weighted by molar-refractivity contribution is 5.26. The maximum Gasteiger partial charge on any atom is 0.118 e. The lowest BCUT2D eigenvalue weighted by Crippen LogP contribution is -2.39. The smallest absolute Gasteiger partial charge is 0.118 e. The largest absolute Gasteiger partial charge is 0.396 e. The molecule has 1 aliphatic carbocycles. The molecule has 0 aromatic heterocycles. The van der Waals surface area contributed by atoms with E-state index in [2.05, 4.69) is 0 Å². The van der Waals surface area contributed by atoms with Gasteiger partial charge in [-0.2, -0.15) is 0 Å². The number of benzene rings is 1. The average molecular weight is 224 g/mol. The predicted octanol–water partition coefficient (Wildman–Crippen LogP) is -0.392. The predicted molar refractivity (Wildman–Crippen MR) is 57.5 cm³/mol. The molecule has 1 aliphatic rings. The molecule has 1 aromatic carbocycles. The molecule has 0 unspecified atom stereocenters. The van der Waals surface area contributed by atoms with Crippen LogP contribution in [-0.2, 0) is 5.60 Å². The third kappa shape index (κ3) is 1.64. The van der Waals surface area contributed by atoms with Crippen LogP contribution in [-0.4, -0.2) is 39.2 Å². The van der Waals surface area contributed by atoms with Crippen LogP contribution >= 0.6 is 0 Å². The average Bonchev–Trinajstić information content (AvgIpc) is 2.56. The van der Waals surface area contributed by atoms with Crippen LogP contribution in [0.1, 0.15) is 12.0 Å². The zero-order valence-electron chi connectivity index (χ0n) is 8.82. The number of hydrogen-bond acceptors (Lipinski definition) is 4. The Hall–Kier alpha value is -0.940. The Labute approximate surface area is 93.8 Å². The van der Waals surface area contributed by atoms with Crippen LogP contribution in [0, 0.1) is 5.92 Å². The molecule has 1 aromatic rings. The van der Waals surface area contributed by atoms with Gasteiger partial charge in [-0.15, -0.1) is 0 Å². The van der Waals surface area contributed by atoms with Crippen LogP contribution in [0.4, 0.5) is 0 Å². The molecule has 0 heterocycles. The second kappa shape index (κ2) is 4.14. The Bertz CT molecular complexity index is 353. The summed E-state index contributed by atoms with van der Waals surface area (Å²) in [4.78, 5) is 0. The van der Waals surface area contributed by atoms with Gasteiger partial charge >= 0.3 is 0 Å². The number of aliphatic hydroxyl groups excluding tert-OH is 3. The molecule has 1 fully saturated rings. The van der Waals surface area contributed by atoms with Gasteiger partial charge in [-0.05, 0) is 12.0 Å². The van der Waals surface area contributed by atoms with Crippen molar-refractivity contribution < 1.29 is 20.4 Å². The summed E-state index contributed by atoms with van der Waals surface area (Å²) in [6, 6.07) is 8.75. The van der Waals surface area contributed by atoms with Crippen molar-refractivity contribution >= 4 is 0 Å². The van der Waals surface area contributed by atoms with Crippen molar-refractivity contribution in [1.82, 2.24) is 0 Å². The minimum atomic E-state index is -1.46. The summed E-state index contributed by atoms with van der Waals surface area (Å²) in [6.45, 7) is -0.243. The molecule has 0 radical (unpaired) electrons. The topological polar surface area (TPSA) is 80.9 Å². The lowest BCUT2D eigenvalue weighted by Gasteiger charge is -2.27. The summed E-state index contributed by atoms with van der Waals surface area (Å²) in [7, 11) is 0. The second-order valence-electron chi connectivity index (χ2n) is 4.37. The fourth-order valence-corrected chi connectivity index (χ4v) is 2.37. The van der Waals surface area contributed by atoms with Crippen molar-refractivity contribution in [1.29, 1.82) is 0 Å². The monoisotopic (exact) mass is 224 g/mol. The SMILES string of the molecule is OC[C@H]1C[C@@](O)(c2ccccc2)[C@H](O)[C@@H]1O. The third-order valence-electron chi connectivity index (χ3n) is 3.38. The van der Waals surface area contributed by atoms with E-state index in [9.17, 15) is 15.3 Å². The van der Waals surface area contributed by atoms with Crippen LogP contribution in [0.2, 0.25) is 0 Å². The first-order valence-corrected chi connectivity index (χ1v) is 5.34. The Morgan fingerprint density at radius 2 is 1.81 bits per heavy atom. The molecular formula is C12H16O4. The van der Waals surface area contributed by atoms with Crippen molar-refractivity contribution in [3.63, 3.8) is 0 Å². The van der Waals surface area contributed by atoms with Gasteiger partial charge in [-0.25, -0.2) is 0 Å². The van der Waals surface area contributed by atoms with E-state index in [0.717, 1.165) is 0 Å². The Morgan fingerprint density at radius 3 is 2.31 bits per heavy atom. The minimum absolute atomic E-state index is 0.163. The molecule has 0 aliphatic heterocycles. The summed E-state index contributed by atoms with van der Waals surface area (Å²) in [5, 5.41) is 39.0. The molecule has 2 rings (SSSR count). The standard InChI is InChI=1S/C12H16O4/c13-7-8-6-12(16,11(15)10(8)14)9-4-2-1-3-5-9/h1-5,8,10-11,13-16H,6-7H2/t8-,10-,11-,12-/m1/s1. The molecule has 0 bridgehead atoms. The summed E-state index contributed by atoms with van der Waals surface area (Å²) in [5.74, 6) is -0.486. The van der Waals surface area contributed by atoms with E-state index >= 15 is 0 Å². The molecule has 1 saturated carbocycles. The molecule has 16 heavy (non-hydrogen) atoms. The third-order valence-corrected chi connectivity index (χ3v) is 3.38. The van der Waals surface area contributed by atoms with Crippen molar-refractivity contribution in [2.45, 2.75) is 24.2 Å². The summed E-state index contributed by atoms with van der Waals surface area (Å²) in [5.41, 5.74) is -0.897. The van der Waals surface area contributed by atoms with Gasteiger partial charge in [-0.1, -0.05) is 30.3 Å². The summed E-state index contributed by atoms with van der Waals surface area (Å²) >= 11 is 0. The van der Waals surface area contributed by atoms with Gasteiger partial charge in [0.05, 0.1) is 6.10 Å². The van der Waals surface area contributed by atoms with Crippen molar-refractivity contribution in [3.05, 3.63) is 35.9 Å². The van der Waals surface area contributed by atoms with Crippen LogP contribution < -0.4 is 0 Å². The first-order valence-electron chi connectivity index (χ1n) is 5.34. The van der Waals surface area contributed by atoms with Gasteiger partial charge in [-0.3, -0.25) is 0 Å². The van der Waals surface area contributed by atoms with Crippen molar-refractivity contribution in [3.8, 4) is 0 Å². The van der Waals surface area contributed by atoms with E-state index in [1.54, 1.807) is 24.3 Å². The lowest BCUT2D eigenvalue weighted by molar-refractivity contribution is -0.0928. The number of hydrogen-bond donors (Lipinski definition) is 4. The summed E-state index contributed by atoms with van der Waals surface area (Å²) in [6.07, 6.45) is -2.18. The van der Waals surface area contributed by atoms with E-state index in [4.69, 9.17) is 5.11 Å². The van der Waals surface area contributed by atoms with Gasteiger partial charge in [0.1, 0.15) is 11.7 Å². The second-order valence-corrected chi connectivity index (χ2v) is 4.37. The van der Waals surface area contributed by atoms with Gasteiger partial charge in [0.2, 0.25) is 0 Å². The van der Waals surface area contributed by atoms with Gasteiger partial charge in [0, 0.05) is 12.5 Å². The highest BCUT2D eigenvalue weighted by Gasteiger charge is 2.52. The molecule has 4 N–H and O–H groups in total. The van der Waals surface area contributed by atoms with E-state index < -0.39 is 23.7 Å². The number of rotatable bonds is 2. The van der Waals surface area contributed by atoms with Crippen LogP contribution in [0.15, 0.2) is 30.3 Å². The van der Waals surface area contributed by atoms with Gasteiger partial charge in [0.15, 0.2) is 0 Å². The van der Waals surface area contributed by atoms with Gasteiger partial charge in [0.25, 0.3) is 0 Å². The molecule has 0 amide bonds.